The zero-order valence-corrected chi connectivity index (χ0v) is 11.0. The molecule has 0 aliphatic rings. The van der Waals surface area contributed by atoms with Crippen molar-refractivity contribution in [2.75, 3.05) is 13.1 Å². The van der Waals surface area contributed by atoms with Crippen molar-refractivity contribution < 1.29 is 18.8 Å². The van der Waals surface area contributed by atoms with Crippen molar-refractivity contribution in [2.24, 2.45) is 11.5 Å². The van der Waals surface area contributed by atoms with Gasteiger partial charge in [0.2, 0.25) is 11.8 Å². The fourth-order valence-electron chi connectivity index (χ4n) is 1.75. The summed E-state index contributed by atoms with van der Waals surface area (Å²) in [4.78, 5) is 35.4. The normalized spacial score (nSPS) is 12.2. The molecule has 20 heavy (non-hydrogen) atoms. The van der Waals surface area contributed by atoms with E-state index in [-0.39, 0.29) is 24.4 Å². The van der Waals surface area contributed by atoms with Crippen LogP contribution in [0.15, 0.2) is 24.3 Å². The van der Waals surface area contributed by atoms with Crippen LogP contribution in [-0.4, -0.2) is 41.6 Å². The Morgan fingerprint density at radius 3 is 1.95 bits per heavy atom. The summed E-state index contributed by atoms with van der Waals surface area (Å²) in [5, 5.41) is 0. The smallest absolute Gasteiger partial charge is 0.231 e. The average Bonchev–Trinajstić information content (AvgIpc) is 2.36. The van der Waals surface area contributed by atoms with E-state index in [9.17, 15) is 18.8 Å². The van der Waals surface area contributed by atoms with E-state index in [1.165, 1.54) is 24.0 Å². The third-order valence-corrected chi connectivity index (χ3v) is 2.77. The van der Waals surface area contributed by atoms with Crippen LogP contribution in [-0.2, 0) is 9.59 Å². The van der Waals surface area contributed by atoms with E-state index in [0.29, 0.717) is 0 Å². The van der Waals surface area contributed by atoms with E-state index < -0.39 is 23.7 Å². The molecule has 7 heteroatoms. The number of ketones is 1. The summed E-state index contributed by atoms with van der Waals surface area (Å²) in [6.45, 7) is 0.992. The largest absolute Gasteiger partial charge is 0.369 e. The van der Waals surface area contributed by atoms with Crippen molar-refractivity contribution in [2.45, 2.75) is 13.0 Å². The standard InChI is InChI=1S/C13H16FN3O3/c1-8(17(6-11(15)18)7-12(16)19)13(20)9-2-4-10(14)5-3-9/h2-5,8H,6-7H2,1H3,(H2,15,18)(H2,16,19). The Kier molecular flexibility index (Phi) is 5.33. The van der Waals surface area contributed by atoms with E-state index in [1.54, 1.807) is 0 Å². The topological polar surface area (TPSA) is 106 Å². The lowest BCUT2D eigenvalue weighted by Gasteiger charge is -2.25. The highest BCUT2D eigenvalue weighted by Gasteiger charge is 2.25. The van der Waals surface area contributed by atoms with Crippen LogP contribution in [0.1, 0.15) is 17.3 Å². The molecule has 0 bridgehead atoms. The number of amides is 2. The van der Waals surface area contributed by atoms with Crippen molar-refractivity contribution in [1.82, 2.24) is 4.90 Å². The van der Waals surface area contributed by atoms with Gasteiger partial charge in [-0.3, -0.25) is 19.3 Å². The fraction of sp³-hybridized carbons (Fsp3) is 0.308. The van der Waals surface area contributed by atoms with Crippen LogP contribution in [0.3, 0.4) is 0 Å². The lowest BCUT2D eigenvalue weighted by Crippen LogP contribution is -2.47. The van der Waals surface area contributed by atoms with Gasteiger partial charge in [-0.2, -0.15) is 0 Å². The molecule has 1 rings (SSSR count). The highest BCUT2D eigenvalue weighted by Crippen LogP contribution is 2.10. The molecule has 0 heterocycles. The van der Waals surface area contributed by atoms with Gasteiger partial charge in [0.1, 0.15) is 5.82 Å². The van der Waals surface area contributed by atoms with Gasteiger partial charge < -0.3 is 11.5 Å². The molecule has 0 fully saturated rings. The maximum absolute atomic E-state index is 12.8. The summed E-state index contributed by atoms with van der Waals surface area (Å²) in [5.74, 6) is -2.16. The van der Waals surface area contributed by atoms with Crippen molar-refractivity contribution in [3.8, 4) is 0 Å². The molecule has 0 aliphatic carbocycles. The number of primary amides is 2. The van der Waals surface area contributed by atoms with Gasteiger partial charge in [-0.1, -0.05) is 0 Å². The Bertz CT molecular complexity index is 500. The summed E-state index contributed by atoms with van der Waals surface area (Å²) < 4.78 is 12.8. The second-order valence-corrected chi connectivity index (χ2v) is 4.38. The number of hydrogen-bond donors (Lipinski definition) is 2. The molecular weight excluding hydrogens is 265 g/mol. The van der Waals surface area contributed by atoms with Crippen molar-refractivity contribution >= 4 is 17.6 Å². The van der Waals surface area contributed by atoms with Gasteiger partial charge in [0.15, 0.2) is 5.78 Å². The minimum Gasteiger partial charge on any atom is -0.369 e. The van der Waals surface area contributed by atoms with Crippen LogP contribution in [0, 0.1) is 5.82 Å². The molecule has 108 valence electrons. The van der Waals surface area contributed by atoms with Crippen LogP contribution >= 0.6 is 0 Å². The molecule has 0 saturated carbocycles. The Morgan fingerprint density at radius 2 is 1.55 bits per heavy atom. The molecule has 1 aromatic carbocycles. The summed E-state index contributed by atoms with van der Waals surface area (Å²) in [7, 11) is 0. The van der Waals surface area contributed by atoms with Crippen molar-refractivity contribution in [1.29, 1.82) is 0 Å². The second kappa shape index (κ2) is 6.76. The molecular formula is C13H16FN3O3. The molecule has 1 unspecified atom stereocenters. The minimum absolute atomic E-state index is 0.267. The zero-order chi connectivity index (χ0) is 15.3. The average molecular weight is 281 g/mol. The van der Waals surface area contributed by atoms with Gasteiger partial charge in [0.05, 0.1) is 19.1 Å². The lowest BCUT2D eigenvalue weighted by molar-refractivity contribution is -0.122. The van der Waals surface area contributed by atoms with Crippen LogP contribution in [0.2, 0.25) is 0 Å². The first-order chi connectivity index (χ1) is 9.31. The Balaban J connectivity index is 2.89. The van der Waals surface area contributed by atoms with Gasteiger partial charge in [-0.05, 0) is 31.2 Å². The molecule has 0 radical (unpaired) electrons. The SMILES string of the molecule is CC(C(=O)c1ccc(F)cc1)N(CC(N)=O)CC(N)=O. The monoisotopic (exact) mass is 281 g/mol. The summed E-state index contributed by atoms with van der Waals surface area (Å²) in [5.41, 5.74) is 10.4. The number of carbonyl (C=O) groups excluding carboxylic acids is 3. The van der Waals surface area contributed by atoms with E-state index in [0.717, 1.165) is 12.1 Å². The highest BCUT2D eigenvalue weighted by molar-refractivity contribution is 6.00. The molecule has 2 amide bonds. The lowest BCUT2D eigenvalue weighted by atomic mass is 10.0. The van der Waals surface area contributed by atoms with Gasteiger partial charge in [0.25, 0.3) is 0 Å². The summed E-state index contributed by atoms with van der Waals surface area (Å²) in [6, 6.07) is 4.21. The van der Waals surface area contributed by atoms with E-state index in [1.807, 2.05) is 0 Å². The van der Waals surface area contributed by atoms with E-state index >= 15 is 0 Å². The molecule has 6 nitrogen and oxygen atoms in total. The predicted octanol–water partition coefficient (Wildman–Crippen LogP) is -0.330. The predicted molar refractivity (Wildman–Crippen MR) is 70.2 cm³/mol. The van der Waals surface area contributed by atoms with Crippen LogP contribution in [0.5, 0.6) is 0 Å². The zero-order valence-electron chi connectivity index (χ0n) is 11.0. The van der Waals surface area contributed by atoms with Crippen LogP contribution < -0.4 is 11.5 Å². The number of rotatable bonds is 7. The summed E-state index contributed by atoms with van der Waals surface area (Å²) in [6.07, 6.45) is 0. The Hall–Kier alpha value is -2.28. The van der Waals surface area contributed by atoms with E-state index in [4.69, 9.17) is 11.5 Å². The molecule has 0 aliphatic heterocycles. The Labute approximate surface area is 115 Å². The quantitative estimate of drug-likeness (QED) is 0.667. The molecule has 4 N–H and O–H groups in total. The molecule has 1 atom stereocenters. The maximum atomic E-state index is 12.8. The maximum Gasteiger partial charge on any atom is 0.231 e. The number of halogens is 1. The fourth-order valence-corrected chi connectivity index (χ4v) is 1.75. The first-order valence-electron chi connectivity index (χ1n) is 5.91. The number of nitrogens with zero attached hydrogens (tertiary/aromatic N) is 1. The first-order valence-corrected chi connectivity index (χ1v) is 5.91. The minimum atomic E-state index is -0.777. The van der Waals surface area contributed by atoms with Gasteiger partial charge in [0, 0.05) is 5.56 Å². The Morgan fingerprint density at radius 1 is 1.10 bits per heavy atom. The third kappa shape index (κ3) is 4.43. The van der Waals surface area contributed by atoms with E-state index in [2.05, 4.69) is 0 Å². The molecule has 0 aromatic heterocycles. The van der Waals surface area contributed by atoms with Crippen LogP contribution in [0.25, 0.3) is 0 Å². The number of benzene rings is 1. The van der Waals surface area contributed by atoms with Crippen LogP contribution in [0.4, 0.5) is 4.39 Å². The molecule has 0 saturated heterocycles. The van der Waals surface area contributed by atoms with Crippen molar-refractivity contribution in [3.05, 3.63) is 35.6 Å². The number of Topliss-reactive ketones (excluding diaryl/α,β-unsaturated/α-hetero) is 1. The number of nitrogens with two attached hydrogens (primary N) is 2. The van der Waals surface area contributed by atoms with Crippen molar-refractivity contribution in [3.63, 3.8) is 0 Å². The first kappa shape index (κ1) is 15.8. The third-order valence-electron chi connectivity index (χ3n) is 2.77. The second-order valence-electron chi connectivity index (χ2n) is 4.38. The van der Waals surface area contributed by atoms with Gasteiger partial charge in [-0.25, -0.2) is 4.39 Å². The number of carbonyl (C=O) groups is 3. The van der Waals surface area contributed by atoms with Gasteiger partial charge in [-0.15, -0.1) is 0 Å². The number of hydrogen-bond acceptors (Lipinski definition) is 4. The van der Waals surface area contributed by atoms with Gasteiger partial charge >= 0.3 is 0 Å². The molecule has 1 aromatic rings. The highest BCUT2D eigenvalue weighted by atomic mass is 19.1. The summed E-state index contributed by atoms with van der Waals surface area (Å²) >= 11 is 0. The molecule has 0 spiro atoms.